The quantitative estimate of drug-likeness (QED) is 0.0802. The number of alkyl halides is 4. The van der Waals surface area contributed by atoms with Crippen molar-refractivity contribution in [1.82, 2.24) is 13.7 Å². The number of esters is 2. The lowest BCUT2D eigenvalue weighted by molar-refractivity contribution is -0.217. The molecule has 1 aromatic heterocycles. The van der Waals surface area contributed by atoms with Crippen molar-refractivity contribution in [2.45, 2.75) is 57.0 Å². The molecule has 238 valence electrons. The fraction of sp³-hybridized carbons (Fsp3) is 0.625. The van der Waals surface area contributed by atoms with Crippen molar-refractivity contribution in [2.75, 3.05) is 39.6 Å². The molecule has 0 radical (unpaired) electrons. The molecule has 0 fully saturated rings. The van der Waals surface area contributed by atoms with Gasteiger partial charge in [-0.1, -0.05) is 20.1 Å². The smallest absolute Gasteiger partial charge is 0.336 e. The lowest BCUT2D eigenvalue weighted by Gasteiger charge is -2.26. The van der Waals surface area contributed by atoms with E-state index in [1.54, 1.807) is 0 Å². The molecule has 0 aliphatic carbocycles. The van der Waals surface area contributed by atoms with Crippen LogP contribution < -0.4 is 17.1 Å². The molecule has 1 aromatic rings. The van der Waals surface area contributed by atoms with Gasteiger partial charge in [0.05, 0.1) is 51.7 Å². The van der Waals surface area contributed by atoms with Crippen LogP contribution in [0.3, 0.4) is 0 Å². The monoisotopic (exact) mass is 615 g/mol. The first-order chi connectivity index (χ1) is 19.6. The summed E-state index contributed by atoms with van der Waals surface area (Å²) in [4.78, 5) is 60.7. The number of aliphatic hydroxyl groups is 2. The zero-order valence-electron chi connectivity index (χ0n) is 22.7. The molecule has 2 unspecified atom stereocenters. The SMILES string of the molecule is C=CC(=O)OCCOCC(O)Cn1c(=O)n(CC(O)COCCOC(=O)C=C)c(=O)n(CC(F)(F)C(F)(F)CC)c1=O. The van der Waals surface area contributed by atoms with Crippen molar-refractivity contribution in [3.05, 3.63) is 56.8 Å². The van der Waals surface area contributed by atoms with Gasteiger partial charge in [0.15, 0.2) is 0 Å². The number of aromatic nitrogens is 3. The van der Waals surface area contributed by atoms with Gasteiger partial charge in [0.1, 0.15) is 19.8 Å². The maximum Gasteiger partial charge on any atom is 0.336 e. The summed E-state index contributed by atoms with van der Waals surface area (Å²) in [6.45, 7) is 1.09. The first-order valence-electron chi connectivity index (χ1n) is 12.4. The molecule has 0 aliphatic rings. The van der Waals surface area contributed by atoms with Crippen LogP contribution in [-0.4, -0.2) is 99.5 Å². The van der Waals surface area contributed by atoms with E-state index in [1.165, 1.54) is 0 Å². The Morgan fingerprint density at radius 2 is 1.14 bits per heavy atom. The molecule has 0 aromatic carbocycles. The van der Waals surface area contributed by atoms with E-state index in [2.05, 4.69) is 22.6 Å². The molecular formula is C24H33F4N3O11. The van der Waals surface area contributed by atoms with E-state index in [9.17, 15) is 51.7 Å². The molecule has 2 atom stereocenters. The lowest BCUT2D eigenvalue weighted by atomic mass is 10.1. The van der Waals surface area contributed by atoms with Gasteiger partial charge in [-0.25, -0.2) is 37.7 Å². The molecule has 2 N–H and O–H groups in total. The molecule has 42 heavy (non-hydrogen) atoms. The van der Waals surface area contributed by atoms with Gasteiger partial charge in [0.25, 0.3) is 0 Å². The van der Waals surface area contributed by atoms with Crippen LogP contribution in [0.1, 0.15) is 13.3 Å². The molecule has 0 bridgehead atoms. The van der Waals surface area contributed by atoms with Gasteiger partial charge < -0.3 is 29.2 Å². The highest BCUT2D eigenvalue weighted by Crippen LogP contribution is 2.37. The zero-order chi connectivity index (χ0) is 32.1. The van der Waals surface area contributed by atoms with Crippen molar-refractivity contribution >= 4 is 11.9 Å². The predicted molar refractivity (Wildman–Crippen MR) is 135 cm³/mol. The number of hydrogen-bond donors (Lipinski definition) is 2. The maximum absolute atomic E-state index is 14.4. The Hall–Kier alpha value is -3.61. The molecule has 0 spiro atoms. The lowest BCUT2D eigenvalue weighted by Crippen LogP contribution is -2.59. The minimum Gasteiger partial charge on any atom is -0.460 e. The van der Waals surface area contributed by atoms with Gasteiger partial charge in [-0.3, -0.25) is 0 Å². The Bertz CT molecular complexity index is 1180. The van der Waals surface area contributed by atoms with Gasteiger partial charge in [-0.05, 0) is 0 Å². The van der Waals surface area contributed by atoms with Crippen LogP contribution in [0.4, 0.5) is 17.6 Å². The summed E-state index contributed by atoms with van der Waals surface area (Å²) in [5.74, 6) is -11.0. The minimum atomic E-state index is -4.90. The number of rotatable bonds is 20. The zero-order valence-corrected chi connectivity index (χ0v) is 22.7. The van der Waals surface area contributed by atoms with Crippen molar-refractivity contribution < 1.29 is 56.3 Å². The summed E-state index contributed by atoms with van der Waals surface area (Å²) in [5.41, 5.74) is -4.90. The molecule has 0 saturated carbocycles. The average molecular weight is 616 g/mol. The van der Waals surface area contributed by atoms with E-state index in [1.807, 2.05) is 0 Å². The molecule has 0 amide bonds. The minimum absolute atomic E-state index is 0.148. The van der Waals surface area contributed by atoms with E-state index in [4.69, 9.17) is 9.47 Å². The first kappa shape index (κ1) is 36.4. The summed E-state index contributed by atoms with van der Waals surface area (Å²) >= 11 is 0. The van der Waals surface area contributed by atoms with Crippen LogP contribution >= 0.6 is 0 Å². The number of nitrogens with zero attached hydrogens (tertiary/aromatic N) is 3. The van der Waals surface area contributed by atoms with E-state index < -0.39 is 92.3 Å². The van der Waals surface area contributed by atoms with Crippen LogP contribution in [0.5, 0.6) is 0 Å². The van der Waals surface area contributed by atoms with Gasteiger partial charge >= 0.3 is 40.9 Å². The van der Waals surface area contributed by atoms with Crippen molar-refractivity contribution in [3.63, 3.8) is 0 Å². The summed E-state index contributed by atoms with van der Waals surface area (Å²) < 4.78 is 76.0. The highest BCUT2D eigenvalue weighted by molar-refractivity contribution is 5.81. The largest absolute Gasteiger partial charge is 0.460 e. The Labute approximate surface area is 236 Å². The standard InChI is InChI=1S/C24H33F4N3O11/c1-4-18(34)41-9-7-39-13-16(32)11-29-20(36)30(12-17(33)14-40-8-10-42-19(35)5-2)22(38)31(21(29)37)15-24(27,28)23(25,26)6-3/h4-5,16-17,32-33H,1-2,6-15H2,3H3. The molecule has 1 heterocycles. The third kappa shape index (κ3) is 10.7. The predicted octanol–water partition coefficient (Wildman–Crippen LogP) is -0.934. The van der Waals surface area contributed by atoms with Crippen molar-refractivity contribution in [2.24, 2.45) is 0 Å². The fourth-order valence-electron chi connectivity index (χ4n) is 3.19. The molecular weight excluding hydrogens is 582 g/mol. The maximum atomic E-state index is 14.4. The molecule has 18 heteroatoms. The molecule has 14 nitrogen and oxygen atoms in total. The number of aliphatic hydroxyl groups excluding tert-OH is 2. The normalized spacial score (nSPS) is 13.3. The third-order valence-electron chi connectivity index (χ3n) is 5.41. The van der Waals surface area contributed by atoms with E-state index in [0.29, 0.717) is 0 Å². The Morgan fingerprint density at radius 1 is 0.762 bits per heavy atom. The Morgan fingerprint density at radius 3 is 1.50 bits per heavy atom. The van der Waals surface area contributed by atoms with Crippen LogP contribution in [-0.2, 0) is 48.2 Å². The van der Waals surface area contributed by atoms with Gasteiger partial charge in [-0.2, -0.15) is 17.6 Å². The number of halogens is 4. The number of ether oxygens (including phenoxy) is 4. The molecule has 0 saturated heterocycles. The Kier molecular flexibility index (Phi) is 14.5. The third-order valence-corrected chi connectivity index (χ3v) is 5.41. The van der Waals surface area contributed by atoms with Gasteiger partial charge in [0, 0.05) is 18.6 Å². The first-order valence-corrected chi connectivity index (χ1v) is 12.4. The topological polar surface area (TPSA) is 178 Å². The molecule has 1 rings (SSSR count). The fourth-order valence-corrected chi connectivity index (χ4v) is 3.19. The summed E-state index contributed by atoms with van der Waals surface area (Å²) in [7, 11) is 0. The molecule has 0 aliphatic heterocycles. The highest BCUT2D eigenvalue weighted by atomic mass is 19.3. The number of carbonyl (C=O) groups is 2. The van der Waals surface area contributed by atoms with Gasteiger partial charge in [-0.15, -0.1) is 0 Å². The van der Waals surface area contributed by atoms with Crippen LogP contribution in [0, 0.1) is 0 Å². The highest BCUT2D eigenvalue weighted by Gasteiger charge is 2.55. The van der Waals surface area contributed by atoms with E-state index in [-0.39, 0.29) is 40.1 Å². The van der Waals surface area contributed by atoms with Crippen LogP contribution in [0.2, 0.25) is 0 Å². The van der Waals surface area contributed by atoms with Gasteiger partial charge in [0.2, 0.25) is 0 Å². The summed E-state index contributed by atoms with van der Waals surface area (Å²) in [6.07, 6.45) is -2.86. The second-order valence-electron chi connectivity index (χ2n) is 8.62. The van der Waals surface area contributed by atoms with Crippen molar-refractivity contribution in [3.8, 4) is 0 Å². The van der Waals surface area contributed by atoms with Crippen LogP contribution in [0.15, 0.2) is 39.7 Å². The Balaban J connectivity index is 3.24. The van der Waals surface area contributed by atoms with E-state index in [0.717, 1.165) is 19.1 Å². The number of carbonyl (C=O) groups excluding carboxylic acids is 2. The summed E-state index contributed by atoms with van der Waals surface area (Å²) in [5, 5.41) is 20.5. The second kappa shape index (κ2) is 16.7. The summed E-state index contributed by atoms with van der Waals surface area (Å²) in [6, 6.07) is 0. The van der Waals surface area contributed by atoms with E-state index >= 15 is 0 Å². The number of hydrogen-bond acceptors (Lipinski definition) is 11. The second-order valence-corrected chi connectivity index (χ2v) is 8.62. The van der Waals surface area contributed by atoms with Crippen molar-refractivity contribution in [1.29, 1.82) is 0 Å². The average Bonchev–Trinajstić information content (AvgIpc) is 2.94. The van der Waals surface area contributed by atoms with Crippen LogP contribution in [0.25, 0.3) is 0 Å².